The van der Waals surface area contributed by atoms with Crippen molar-refractivity contribution in [1.29, 1.82) is 0 Å². The molecule has 1 heterocycles. The summed E-state index contributed by atoms with van der Waals surface area (Å²) in [6.45, 7) is 6.86. The SMILES string of the molecule is CC1(C)OB(C(F)=Cc2c(F)c(F)cc(I)c2F)OC1(C)C. The molecule has 1 aromatic carbocycles. The van der Waals surface area contributed by atoms with E-state index in [9.17, 15) is 17.6 Å². The fraction of sp³-hybridized carbons (Fsp3) is 0.429. The molecule has 120 valence electrons. The first-order valence-corrected chi connectivity index (χ1v) is 7.60. The summed E-state index contributed by atoms with van der Waals surface area (Å²) in [7, 11) is -1.40. The molecule has 0 aliphatic carbocycles. The molecule has 1 aliphatic heterocycles. The van der Waals surface area contributed by atoms with E-state index in [1.165, 1.54) is 22.6 Å². The molecular weight excluding hydrogens is 414 g/mol. The molecule has 0 spiro atoms. The average Bonchev–Trinajstić information content (AvgIpc) is 2.61. The Morgan fingerprint density at radius 1 is 1.09 bits per heavy atom. The zero-order chi connectivity index (χ0) is 16.9. The van der Waals surface area contributed by atoms with E-state index >= 15 is 0 Å². The van der Waals surface area contributed by atoms with Crippen LogP contribution in [0.2, 0.25) is 0 Å². The van der Waals surface area contributed by atoms with E-state index in [-0.39, 0.29) is 3.57 Å². The summed E-state index contributed by atoms with van der Waals surface area (Å²) in [5.41, 5.74) is -3.42. The van der Waals surface area contributed by atoms with Gasteiger partial charge in [0, 0.05) is 0 Å². The van der Waals surface area contributed by atoms with Gasteiger partial charge in [-0.3, -0.25) is 0 Å². The maximum atomic E-state index is 14.3. The first-order valence-electron chi connectivity index (χ1n) is 6.52. The molecule has 1 aromatic rings. The van der Waals surface area contributed by atoms with E-state index in [0.29, 0.717) is 12.1 Å². The van der Waals surface area contributed by atoms with Crippen LogP contribution < -0.4 is 0 Å². The Labute approximate surface area is 140 Å². The maximum Gasteiger partial charge on any atom is 0.525 e. The minimum Gasteiger partial charge on any atom is -0.398 e. The van der Waals surface area contributed by atoms with E-state index in [4.69, 9.17) is 9.31 Å². The van der Waals surface area contributed by atoms with Gasteiger partial charge in [0.25, 0.3) is 0 Å². The highest BCUT2D eigenvalue weighted by molar-refractivity contribution is 14.1. The normalized spacial score (nSPS) is 20.6. The van der Waals surface area contributed by atoms with Crippen molar-refractivity contribution >= 4 is 35.8 Å². The number of benzene rings is 1. The summed E-state index contributed by atoms with van der Waals surface area (Å²) in [6.07, 6.45) is 0.568. The fourth-order valence-corrected chi connectivity index (χ4v) is 2.44. The zero-order valence-corrected chi connectivity index (χ0v) is 14.6. The first-order chi connectivity index (χ1) is 9.96. The molecule has 0 radical (unpaired) electrons. The molecule has 0 saturated carbocycles. The Kier molecular flexibility index (Phi) is 4.67. The number of hydrogen-bond donors (Lipinski definition) is 0. The van der Waals surface area contributed by atoms with Gasteiger partial charge < -0.3 is 9.31 Å². The predicted molar refractivity (Wildman–Crippen MR) is 84.2 cm³/mol. The van der Waals surface area contributed by atoms with Crippen LogP contribution in [-0.4, -0.2) is 18.3 Å². The van der Waals surface area contributed by atoms with Crippen LogP contribution in [0.3, 0.4) is 0 Å². The Morgan fingerprint density at radius 2 is 1.59 bits per heavy atom. The largest absolute Gasteiger partial charge is 0.525 e. The zero-order valence-electron chi connectivity index (χ0n) is 12.4. The van der Waals surface area contributed by atoms with E-state index in [0.717, 1.165) is 0 Å². The lowest BCUT2D eigenvalue weighted by molar-refractivity contribution is 0.00578. The summed E-state index contributed by atoms with van der Waals surface area (Å²) in [5.74, 6) is -3.74. The van der Waals surface area contributed by atoms with Gasteiger partial charge in [-0.1, -0.05) is 0 Å². The minimum absolute atomic E-state index is 0.149. The van der Waals surface area contributed by atoms with Crippen LogP contribution in [0, 0.1) is 21.0 Å². The molecule has 0 atom stereocenters. The summed E-state index contributed by atoms with van der Waals surface area (Å²) < 4.78 is 65.9. The van der Waals surface area contributed by atoms with E-state index in [1.807, 2.05) is 0 Å². The predicted octanol–water partition coefficient (Wildman–Crippen LogP) is 4.65. The van der Waals surface area contributed by atoms with Crippen molar-refractivity contribution in [3.05, 3.63) is 38.4 Å². The molecule has 0 unspecified atom stereocenters. The molecule has 8 heteroatoms. The van der Waals surface area contributed by atoms with Gasteiger partial charge in [0.1, 0.15) is 11.5 Å². The number of hydrogen-bond acceptors (Lipinski definition) is 2. The second-order valence-electron chi connectivity index (χ2n) is 6.00. The van der Waals surface area contributed by atoms with Gasteiger partial charge in [0.05, 0.1) is 20.3 Å². The van der Waals surface area contributed by atoms with Crippen molar-refractivity contribution < 1.29 is 26.9 Å². The summed E-state index contributed by atoms with van der Waals surface area (Å²) in [6, 6.07) is 0.704. The molecule has 1 fully saturated rings. The lowest BCUT2D eigenvalue weighted by atomic mass is 9.86. The molecule has 0 N–H and O–H groups in total. The quantitative estimate of drug-likeness (QED) is 0.296. The van der Waals surface area contributed by atoms with E-state index < -0.39 is 47.1 Å². The third kappa shape index (κ3) is 3.05. The Morgan fingerprint density at radius 3 is 2.09 bits per heavy atom. The van der Waals surface area contributed by atoms with Crippen LogP contribution >= 0.6 is 22.6 Å². The molecule has 1 aliphatic rings. The lowest BCUT2D eigenvalue weighted by Crippen LogP contribution is -2.41. The molecule has 0 aromatic heterocycles. The topological polar surface area (TPSA) is 18.5 Å². The Hall–Kier alpha value is -0.605. The minimum atomic E-state index is -1.45. The van der Waals surface area contributed by atoms with Crippen LogP contribution in [0.25, 0.3) is 6.08 Å². The number of halogens is 5. The molecule has 0 bridgehead atoms. The van der Waals surface area contributed by atoms with Crippen molar-refractivity contribution in [1.82, 2.24) is 0 Å². The van der Waals surface area contributed by atoms with Crippen molar-refractivity contribution in [2.75, 3.05) is 0 Å². The van der Waals surface area contributed by atoms with Gasteiger partial charge in [-0.2, -0.15) is 0 Å². The molecule has 2 nitrogen and oxygen atoms in total. The van der Waals surface area contributed by atoms with Crippen LogP contribution in [-0.2, 0) is 9.31 Å². The Balaban J connectivity index is 2.40. The van der Waals surface area contributed by atoms with Gasteiger partial charge in [-0.25, -0.2) is 17.6 Å². The van der Waals surface area contributed by atoms with Crippen LogP contribution in [0.15, 0.2) is 11.8 Å². The summed E-state index contributed by atoms with van der Waals surface area (Å²) >= 11 is 1.50. The summed E-state index contributed by atoms with van der Waals surface area (Å²) in [4.78, 5) is 0. The second kappa shape index (κ2) is 5.79. The summed E-state index contributed by atoms with van der Waals surface area (Å²) in [5, 5.41) is 0. The molecule has 0 amide bonds. The number of rotatable bonds is 2. The standard InChI is InChI=1S/C14H14BF4IO2/c1-13(2)14(3,4)22-15(21-13)10(17)5-7-11(18)8(16)6-9(20)12(7)19/h5-6H,1-4H3. The van der Waals surface area contributed by atoms with Gasteiger partial charge in [-0.15, -0.1) is 0 Å². The molecular formula is C14H14BF4IO2. The van der Waals surface area contributed by atoms with E-state index in [2.05, 4.69) is 0 Å². The molecule has 22 heavy (non-hydrogen) atoms. The lowest BCUT2D eigenvalue weighted by Gasteiger charge is -2.32. The van der Waals surface area contributed by atoms with Crippen LogP contribution in [0.4, 0.5) is 17.6 Å². The highest BCUT2D eigenvalue weighted by atomic mass is 127. The van der Waals surface area contributed by atoms with Crippen molar-refractivity contribution in [2.24, 2.45) is 0 Å². The van der Waals surface area contributed by atoms with Crippen molar-refractivity contribution in [3.63, 3.8) is 0 Å². The van der Waals surface area contributed by atoms with Gasteiger partial charge >= 0.3 is 7.12 Å². The van der Waals surface area contributed by atoms with Gasteiger partial charge in [0.15, 0.2) is 11.6 Å². The third-order valence-electron chi connectivity index (χ3n) is 3.91. The van der Waals surface area contributed by atoms with Gasteiger partial charge in [-0.05, 0) is 62.4 Å². The van der Waals surface area contributed by atoms with Crippen LogP contribution in [0.1, 0.15) is 33.3 Å². The fourth-order valence-electron chi connectivity index (χ4n) is 1.88. The second-order valence-corrected chi connectivity index (χ2v) is 7.16. The average molecular weight is 428 g/mol. The first kappa shape index (κ1) is 17.7. The monoisotopic (exact) mass is 428 g/mol. The third-order valence-corrected chi connectivity index (χ3v) is 4.69. The highest BCUT2D eigenvalue weighted by Crippen LogP contribution is 2.39. The van der Waals surface area contributed by atoms with Gasteiger partial charge in [0.2, 0.25) is 0 Å². The van der Waals surface area contributed by atoms with Crippen LogP contribution in [0.5, 0.6) is 0 Å². The van der Waals surface area contributed by atoms with Crippen molar-refractivity contribution in [2.45, 2.75) is 38.9 Å². The Bertz CT molecular complexity index is 604. The molecule has 2 rings (SSSR count). The van der Waals surface area contributed by atoms with Crippen molar-refractivity contribution in [3.8, 4) is 0 Å². The smallest absolute Gasteiger partial charge is 0.398 e. The van der Waals surface area contributed by atoms with E-state index in [1.54, 1.807) is 27.7 Å². The highest BCUT2D eigenvalue weighted by Gasteiger charge is 2.53. The maximum absolute atomic E-state index is 14.3. The molecule has 1 saturated heterocycles.